The molecule has 1 unspecified atom stereocenters. The standard InChI is InChI=1S/C15H19NO3S/c1-2-13(15(18)19)16-14(17)9-20-12-7-6-10-4-3-5-11(10)8-12/h6-8,13H,2-5,9H2,1H3,(H,16,17)(H,18,19). The van der Waals surface area contributed by atoms with Gasteiger partial charge in [0.05, 0.1) is 5.75 Å². The maximum absolute atomic E-state index is 11.7. The first-order chi connectivity index (χ1) is 9.60. The summed E-state index contributed by atoms with van der Waals surface area (Å²) in [6.45, 7) is 1.74. The predicted octanol–water partition coefficient (Wildman–Crippen LogP) is 2.25. The SMILES string of the molecule is CCC(NC(=O)CSc1ccc2c(c1)CCC2)C(=O)O. The van der Waals surface area contributed by atoms with Gasteiger partial charge in [0, 0.05) is 4.90 Å². The summed E-state index contributed by atoms with van der Waals surface area (Å²) in [6, 6.07) is 5.53. The lowest BCUT2D eigenvalue weighted by Crippen LogP contribution is -2.41. The molecule has 1 atom stereocenters. The summed E-state index contributed by atoms with van der Waals surface area (Å²) < 4.78 is 0. The van der Waals surface area contributed by atoms with Crippen molar-refractivity contribution in [2.45, 2.75) is 43.5 Å². The Labute approximate surface area is 123 Å². The molecule has 1 aliphatic carbocycles. The van der Waals surface area contributed by atoms with Crippen molar-refractivity contribution in [3.8, 4) is 0 Å². The molecule has 0 aromatic heterocycles. The van der Waals surface area contributed by atoms with E-state index in [0.717, 1.165) is 17.7 Å². The van der Waals surface area contributed by atoms with Crippen molar-refractivity contribution in [2.75, 3.05) is 5.75 Å². The molecule has 1 aromatic carbocycles. The van der Waals surface area contributed by atoms with E-state index >= 15 is 0 Å². The molecule has 0 saturated carbocycles. The maximum Gasteiger partial charge on any atom is 0.326 e. The zero-order valence-corrected chi connectivity index (χ0v) is 12.3. The average molecular weight is 293 g/mol. The summed E-state index contributed by atoms with van der Waals surface area (Å²) in [5.41, 5.74) is 2.79. The van der Waals surface area contributed by atoms with Crippen molar-refractivity contribution in [2.24, 2.45) is 0 Å². The van der Waals surface area contributed by atoms with Gasteiger partial charge < -0.3 is 10.4 Å². The highest BCUT2D eigenvalue weighted by molar-refractivity contribution is 8.00. The average Bonchev–Trinajstić information content (AvgIpc) is 2.89. The fourth-order valence-corrected chi connectivity index (χ4v) is 3.13. The Morgan fingerprint density at radius 2 is 2.10 bits per heavy atom. The molecule has 2 rings (SSSR count). The highest BCUT2D eigenvalue weighted by atomic mass is 32.2. The number of carbonyl (C=O) groups is 2. The molecule has 1 aromatic rings. The number of carbonyl (C=O) groups excluding carboxylic acids is 1. The van der Waals surface area contributed by atoms with Crippen LogP contribution >= 0.6 is 11.8 Å². The molecule has 1 amide bonds. The topological polar surface area (TPSA) is 66.4 Å². The van der Waals surface area contributed by atoms with Gasteiger partial charge >= 0.3 is 5.97 Å². The molecule has 108 valence electrons. The second-order valence-corrected chi connectivity index (χ2v) is 5.99. The third-order valence-corrected chi connectivity index (χ3v) is 4.48. The first kappa shape index (κ1) is 14.9. The molecule has 20 heavy (non-hydrogen) atoms. The molecule has 2 N–H and O–H groups in total. The number of nitrogens with one attached hydrogen (secondary N) is 1. The monoisotopic (exact) mass is 293 g/mol. The van der Waals surface area contributed by atoms with Crippen LogP contribution in [0.5, 0.6) is 0 Å². The van der Waals surface area contributed by atoms with Crippen LogP contribution in [0.15, 0.2) is 23.1 Å². The van der Waals surface area contributed by atoms with Crippen LogP contribution in [0.25, 0.3) is 0 Å². The van der Waals surface area contributed by atoms with E-state index < -0.39 is 12.0 Å². The molecule has 5 heteroatoms. The minimum atomic E-state index is -0.983. The summed E-state index contributed by atoms with van der Waals surface area (Å²) in [7, 11) is 0. The Bertz CT molecular complexity index is 516. The lowest BCUT2D eigenvalue weighted by molar-refractivity contribution is -0.141. The number of fused-ring (bicyclic) bond motifs is 1. The molecular formula is C15H19NO3S. The van der Waals surface area contributed by atoms with Gasteiger partial charge in [0.15, 0.2) is 0 Å². The van der Waals surface area contributed by atoms with Gasteiger partial charge in [-0.05, 0) is 48.9 Å². The first-order valence-corrected chi connectivity index (χ1v) is 7.85. The quantitative estimate of drug-likeness (QED) is 0.790. The lowest BCUT2D eigenvalue weighted by atomic mass is 10.1. The van der Waals surface area contributed by atoms with E-state index in [4.69, 9.17) is 5.11 Å². The van der Waals surface area contributed by atoms with Crippen LogP contribution in [-0.2, 0) is 22.4 Å². The van der Waals surface area contributed by atoms with Crippen molar-refractivity contribution < 1.29 is 14.7 Å². The second kappa shape index (κ2) is 6.79. The molecule has 0 heterocycles. The highest BCUT2D eigenvalue weighted by Crippen LogP contribution is 2.27. The first-order valence-electron chi connectivity index (χ1n) is 6.87. The normalized spacial score (nSPS) is 14.7. The Hall–Kier alpha value is -1.49. The molecule has 1 aliphatic rings. The summed E-state index contributed by atoms with van der Waals surface area (Å²) in [5, 5.41) is 11.4. The van der Waals surface area contributed by atoms with Gasteiger partial charge in [0.1, 0.15) is 6.04 Å². The smallest absolute Gasteiger partial charge is 0.326 e. The Morgan fingerprint density at radius 3 is 2.80 bits per heavy atom. The van der Waals surface area contributed by atoms with Crippen molar-refractivity contribution in [1.82, 2.24) is 5.32 Å². The van der Waals surface area contributed by atoms with Gasteiger partial charge in [0.2, 0.25) is 5.91 Å². The maximum atomic E-state index is 11.7. The number of aryl methyl sites for hydroxylation is 2. The molecule has 0 fully saturated rings. The summed E-state index contributed by atoms with van der Waals surface area (Å²) >= 11 is 1.45. The molecule has 4 nitrogen and oxygen atoms in total. The summed E-state index contributed by atoms with van der Waals surface area (Å²) in [6.07, 6.45) is 3.87. The lowest BCUT2D eigenvalue weighted by Gasteiger charge is -2.12. The number of carboxylic acids is 1. The van der Waals surface area contributed by atoms with Crippen molar-refractivity contribution >= 4 is 23.6 Å². The van der Waals surface area contributed by atoms with Crippen LogP contribution in [0.4, 0.5) is 0 Å². The number of benzene rings is 1. The zero-order valence-electron chi connectivity index (χ0n) is 11.5. The Morgan fingerprint density at radius 1 is 1.35 bits per heavy atom. The van der Waals surface area contributed by atoms with E-state index in [2.05, 4.69) is 17.4 Å². The van der Waals surface area contributed by atoms with Gasteiger partial charge in [-0.1, -0.05) is 13.0 Å². The van der Waals surface area contributed by atoms with Crippen LogP contribution in [0.1, 0.15) is 30.9 Å². The van der Waals surface area contributed by atoms with Crippen molar-refractivity contribution in [3.63, 3.8) is 0 Å². The molecule has 0 spiro atoms. The summed E-state index contributed by atoms with van der Waals surface area (Å²) in [4.78, 5) is 23.6. The van der Waals surface area contributed by atoms with Gasteiger partial charge in [-0.2, -0.15) is 0 Å². The minimum Gasteiger partial charge on any atom is -0.480 e. The van der Waals surface area contributed by atoms with E-state index in [1.165, 1.54) is 29.3 Å². The van der Waals surface area contributed by atoms with E-state index in [-0.39, 0.29) is 11.7 Å². The number of carboxylic acid groups (broad SMARTS) is 1. The van der Waals surface area contributed by atoms with Crippen LogP contribution in [0.3, 0.4) is 0 Å². The number of hydrogen-bond acceptors (Lipinski definition) is 3. The highest BCUT2D eigenvalue weighted by Gasteiger charge is 2.17. The van der Waals surface area contributed by atoms with Crippen LogP contribution in [0, 0.1) is 0 Å². The number of hydrogen-bond donors (Lipinski definition) is 2. The fraction of sp³-hybridized carbons (Fsp3) is 0.467. The van der Waals surface area contributed by atoms with Gasteiger partial charge in [-0.3, -0.25) is 4.79 Å². The van der Waals surface area contributed by atoms with E-state index in [1.54, 1.807) is 6.92 Å². The number of amides is 1. The minimum absolute atomic E-state index is 0.232. The fourth-order valence-electron chi connectivity index (χ4n) is 2.36. The van der Waals surface area contributed by atoms with Gasteiger partial charge in [-0.25, -0.2) is 4.79 Å². The molecule has 0 aliphatic heterocycles. The van der Waals surface area contributed by atoms with Crippen LogP contribution in [-0.4, -0.2) is 28.8 Å². The number of rotatable bonds is 6. The van der Waals surface area contributed by atoms with E-state index in [0.29, 0.717) is 6.42 Å². The number of aliphatic carboxylic acids is 1. The molecular weight excluding hydrogens is 274 g/mol. The Kier molecular flexibility index (Phi) is 5.06. The van der Waals surface area contributed by atoms with Crippen LogP contribution < -0.4 is 5.32 Å². The molecule has 0 saturated heterocycles. The Balaban J connectivity index is 1.85. The molecule has 0 bridgehead atoms. The van der Waals surface area contributed by atoms with Crippen molar-refractivity contribution in [1.29, 1.82) is 0 Å². The van der Waals surface area contributed by atoms with E-state index in [1.807, 2.05) is 6.07 Å². The van der Waals surface area contributed by atoms with Gasteiger partial charge in [0.25, 0.3) is 0 Å². The largest absolute Gasteiger partial charge is 0.480 e. The second-order valence-electron chi connectivity index (χ2n) is 4.94. The predicted molar refractivity (Wildman–Crippen MR) is 79.0 cm³/mol. The molecule has 0 radical (unpaired) electrons. The summed E-state index contributed by atoms with van der Waals surface area (Å²) in [5.74, 6) is -0.962. The van der Waals surface area contributed by atoms with Crippen molar-refractivity contribution in [3.05, 3.63) is 29.3 Å². The third kappa shape index (κ3) is 3.76. The van der Waals surface area contributed by atoms with Gasteiger partial charge in [-0.15, -0.1) is 11.8 Å². The third-order valence-electron chi connectivity index (χ3n) is 3.48. The number of thioether (sulfide) groups is 1. The van der Waals surface area contributed by atoms with Crippen LogP contribution in [0.2, 0.25) is 0 Å². The van der Waals surface area contributed by atoms with E-state index in [9.17, 15) is 9.59 Å². The zero-order chi connectivity index (χ0) is 14.5.